The molecule has 0 radical (unpaired) electrons. The van der Waals surface area contributed by atoms with Crippen molar-refractivity contribution in [2.75, 3.05) is 27.2 Å². The number of rotatable bonds is 19. The summed E-state index contributed by atoms with van der Waals surface area (Å²) >= 11 is 0. The molecular weight excluding hydrogens is 362 g/mol. The largest absolute Gasteiger partial charge is 0.479 e. The van der Waals surface area contributed by atoms with Gasteiger partial charge in [0.1, 0.15) is 6.10 Å². The molecule has 1 atom stereocenters. The fraction of sp³-hybridized carbons (Fsp3) is 0.960. The molecule has 0 aromatic rings. The summed E-state index contributed by atoms with van der Waals surface area (Å²) in [6, 6.07) is 0. The Morgan fingerprint density at radius 3 is 1.14 bits per heavy atom. The van der Waals surface area contributed by atoms with Crippen molar-refractivity contribution in [3.8, 4) is 0 Å². The Hall–Kier alpha value is -0.610. The van der Waals surface area contributed by atoms with Crippen LogP contribution in [0.4, 0.5) is 0 Å². The summed E-state index contributed by atoms with van der Waals surface area (Å²) in [5.74, 6) is -1.19. The standard InChI is InChI=1S/C22H48N.C3H6O3/c1-5-7-9-11-13-15-17-19-21-23(3,4)22-20-18-16-14-12-10-8-6-2;1-2(4)3(5)6/h5-22H2,1-4H3;2,4H,1H3,(H,5,6)/q+1;. The van der Waals surface area contributed by atoms with Crippen LogP contribution in [0.25, 0.3) is 0 Å². The first-order chi connectivity index (χ1) is 13.8. The van der Waals surface area contributed by atoms with Gasteiger partial charge in [-0.05, 0) is 32.6 Å². The van der Waals surface area contributed by atoms with E-state index in [0.29, 0.717) is 0 Å². The Morgan fingerprint density at radius 1 is 0.655 bits per heavy atom. The highest BCUT2D eigenvalue weighted by Crippen LogP contribution is 2.13. The number of aliphatic hydroxyl groups excluding tert-OH is 1. The Balaban J connectivity index is 0. The minimum atomic E-state index is -1.23. The van der Waals surface area contributed by atoms with Gasteiger partial charge in [0.05, 0.1) is 27.2 Å². The van der Waals surface area contributed by atoms with Crippen LogP contribution >= 0.6 is 0 Å². The predicted octanol–water partition coefficient (Wildman–Crippen LogP) is 6.80. The van der Waals surface area contributed by atoms with Gasteiger partial charge < -0.3 is 14.7 Å². The molecule has 4 heteroatoms. The minimum absolute atomic E-state index is 1.19. The van der Waals surface area contributed by atoms with Crippen molar-refractivity contribution >= 4 is 5.97 Å². The minimum Gasteiger partial charge on any atom is -0.479 e. The van der Waals surface area contributed by atoms with Crippen LogP contribution in [0.2, 0.25) is 0 Å². The zero-order chi connectivity index (χ0) is 22.4. The van der Waals surface area contributed by atoms with E-state index in [1.54, 1.807) is 0 Å². The van der Waals surface area contributed by atoms with Crippen LogP contribution in [-0.2, 0) is 4.79 Å². The van der Waals surface area contributed by atoms with Crippen molar-refractivity contribution in [2.24, 2.45) is 0 Å². The number of aliphatic carboxylic acids is 1. The van der Waals surface area contributed by atoms with Crippen LogP contribution in [0.3, 0.4) is 0 Å². The van der Waals surface area contributed by atoms with E-state index in [0.717, 1.165) is 0 Å². The molecule has 0 spiro atoms. The van der Waals surface area contributed by atoms with Crippen molar-refractivity contribution in [2.45, 2.75) is 130 Å². The third kappa shape index (κ3) is 27.4. The second kappa shape index (κ2) is 22.1. The average Bonchev–Trinajstić information content (AvgIpc) is 2.66. The Bertz CT molecular complexity index is 321. The van der Waals surface area contributed by atoms with E-state index in [-0.39, 0.29) is 0 Å². The van der Waals surface area contributed by atoms with Gasteiger partial charge in [0, 0.05) is 0 Å². The maximum atomic E-state index is 9.45. The van der Waals surface area contributed by atoms with E-state index in [9.17, 15) is 4.79 Å². The number of carboxylic acids is 1. The molecule has 176 valence electrons. The van der Waals surface area contributed by atoms with Gasteiger partial charge >= 0.3 is 5.97 Å². The molecule has 0 aliphatic carbocycles. The van der Waals surface area contributed by atoms with Crippen LogP contribution in [0.1, 0.15) is 124 Å². The average molecular weight is 417 g/mol. The molecule has 0 aliphatic heterocycles. The van der Waals surface area contributed by atoms with E-state index >= 15 is 0 Å². The van der Waals surface area contributed by atoms with Gasteiger partial charge in [0.15, 0.2) is 0 Å². The lowest BCUT2D eigenvalue weighted by atomic mass is 10.1. The quantitative estimate of drug-likeness (QED) is 0.180. The van der Waals surface area contributed by atoms with E-state index < -0.39 is 12.1 Å². The third-order valence-corrected chi connectivity index (χ3v) is 5.59. The van der Waals surface area contributed by atoms with Crippen LogP contribution < -0.4 is 0 Å². The molecule has 0 aromatic heterocycles. The first-order valence-corrected chi connectivity index (χ1v) is 12.5. The predicted molar refractivity (Wildman–Crippen MR) is 126 cm³/mol. The lowest BCUT2D eigenvalue weighted by Crippen LogP contribution is -2.41. The van der Waals surface area contributed by atoms with Crippen LogP contribution in [-0.4, -0.2) is 54.0 Å². The molecule has 0 saturated heterocycles. The van der Waals surface area contributed by atoms with Crippen molar-refractivity contribution in [3.05, 3.63) is 0 Å². The number of hydrogen-bond acceptors (Lipinski definition) is 2. The molecule has 0 rings (SSSR count). The molecule has 0 amide bonds. The number of nitrogens with zero attached hydrogens (tertiary/aromatic N) is 1. The van der Waals surface area contributed by atoms with Gasteiger partial charge in [-0.15, -0.1) is 0 Å². The summed E-state index contributed by atoms with van der Waals surface area (Å²) in [7, 11) is 4.87. The van der Waals surface area contributed by atoms with Gasteiger partial charge in [-0.25, -0.2) is 4.79 Å². The van der Waals surface area contributed by atoms with E-state index in [1.165, 1.54) is 127 Å². The maximum absolute atomic E-state index is 9.45. The second-order valence-electron chi connectivity index (χ2n) is 9.35. The first kappa shape index (κ1) is 30.6. The molecule has 0 fully saturated rings. The molecular formula is C25H54NO3+. The molecule has 4 nitrogen and oxygen atoms in total. The van der Waals surface area contributed by atoms with Gasteiger partial charge in [0.2, 0.25) is 0 Å². The van der Waals surface area contributed by atoms with E-state index in [1.807, 2.05) is 0 Å². The fourth-order valence-electron chi connectivity index (χ4n) is 3.46. The number of carboxylic acid groups (broad SMARTS) is 1. The zero-order valence-electron chi connectivity index (χ0n) is 20.6. The molecule has 0 bridgehead atoms. The maximum Gasteiger partial charge on any atom is 0.332 e. The summed E-state index contributed by atoms with van der Waals surface area (Å²) in [5.41, 5.74) is 0. The summed E-state index contributed by atoms with van der Waals surface area (Å²) < 4.78 is 1.24. The highest BCUT2D eigenvalue weighted by Gasteiger charge is 2.13. The topological polar surface area (TPSA) is 57.5 Å². The smallest absolute Gasteiger partial charge is 0.332 e. The van der Waals surface area contributed by atoms with Gasteiger partial charge in [-0.2, -0.15) is 0 Å². The molecule has 1 unspecified atom stereocenters. The van der Waals surface area contributed by atoms with E-state index in [2.05, 4.69) is 27.9 Å². The van der Waals surface area contributed by atoms with Crippen molar-refractivity contribution < 1.29 is 19.5 Å². The summed E-state index contributed by atoms with van der Waals surface area (Å²) in [5, 5.41) is 15.8. The Kier molecular flexibility index (Phi) is 23.3. The molecule has 29 heavy (non-hydrogen) atoms. The molecule has 2 N–H and O–H groups in total. The third-order valence-electron chi connectivity index (χ3n) is 5.59. The Morgan fingerprint density at radius 2 is 0.897 bits per heavy atom. The SMILES string of the molecule is CC(O)C(=O)O.CCCCCCCCCC[N+](C)(C)CCCCCCCCCC. The number of quaternary nitrogens is 1. The van der Waals surface area contributed by atoms with Gasteiger partial charge in [0.25, 0.3) is 0 Å². The second-order valence-corrected chi connectivity index (χ2v) is 9.35. The molecule has 0 aromatic carbocycles. The summed E-state index contributed by atoms with van der Waals surface area (Å²) in [6.45, 7) is 8.55. The van der Waals surface area contributed by atoms with Crippen molar-refractivity contribution in [1.82, 2.24) is 0 Å². The molecule has 0 heterocycles. The molecule has 0 aliphatic rings. The lowest BCUT2D eigenvalue weighted by molar-refractivity contribution is -0.890. The number of unbranched alkanes of at least 4 members (excludes halogenated alkanes) is 14. The number of carbonyl (C=O) groups is 1. The Labute approximate surface area is 182 Å². The summed E-state index contributed by atoms with van der Waals surface area (Å²) in [6.07, 6.45) is 21.8. The number of hydrogen-bond donors (Lipinski definition) is 2. The monoisotopic (exact) mass is 416 g/mol. The van der Waals surface area contributed by atoms with Crippen LogP contribution in [0.15, 0.2) is 0 Å². The van der Waals surface area contributed by atoms with Crippen LogP contribution in [0.5, 0.6) is 0 Å². The van der Waals surface area contributed by atoms with Crippen LogP contribution in [0, 0.1) is 0 Å². The van der Waals surface area contributed by atoms with Crippen molar-refractivity contribution in [3.63, 3.8) is 0 Å². The van der Waals surface area contributed by atoms with Crippen molar-refractivity contribution in [1.29, 1.82) is 0 Å². The number of aliphatic hydroxyl groups is 1. The molecule has 0 saturated carbocycles. The normalized spacial score (nSPS) is 12.3. The van der Waals surface area contributed by atoms with E-state index in [4.69, 9.17) is 10.2 Å². The zero-order valence-corrected chi connectivity index (χ0v) is 20.6. The summed E-state index contributed by atoms with van der Waals surface area (Å²) in [4.78, 5) is 9.45. The fourth-order valence-corrected chi connectivity index (χ4v) is 3.46. The first-order valence-electron chi connectivity index (χ1n) is 12.5. The van der Waals surface area contributed by atoms with Gasteiger partial charge in [-0.3, -0.25) is 0 Å². The highest BCUT2D eigenvalue weighted by molar-refractivity contribution is 5.71. The lowest BCUT2D eigenvalue weighted by Gasteiger charge is -2.30. The highest BCUT2D eigenvalue weighted by atomic mass is 16.4. The van der Waals surface area contributed by atoms with Gasteiger partial charge in [-0.1, -0.05) is 90.9 Å².